The lowest BCUT2D eigenvalue weighted by molar-refractivity contribution is -0.195. The van der Waals surface area contributed by atoms with Gasteiger partial charge in [0.05, 0.1) is 18.8 Å². The molecule has 5 aliphatic rings. The quantitative estimate of drug-likeness (QED) is 0.348. The number of benzene rings is 2. The van der Waals surface area contributed by atoms with Crippen LogP contribution in [-0.2, 0) is 9.47 Å². The highest BCUT2D eigenvalue weighted by Gasteiger charge is 2.50. The highest BCUT2D eigenvalue weighted by molar-refractivity contribution is 5.78. The van der Waals surface area contributed by atoms with Crippen molar-refractivity contribution in [3.63, 3.8) is 0 Å². The summed E-state index contributed by atoms with van der Waals surface area (Å²) >= 11 is 0. The number of rotatable bonds is 7. The average Bonchev–Trinajstić information content (AvgIpc) is 3.77. The van der Waals surface area contributed by atoms with Gasteiger partial charge in [-0.1, -0.05) is 48.5 Å². The lowest BCUT2D eigenvalue weighted by atomic mass is 9.79. The lowest BCUT2D eigenvalue weighted by Crippen LogP contribution is -2.34. The van der Waals surface area contributed by atoms with Crippen LogP contribution in [0.15, 0.2) is 48.5 Å². The molecule has 0 N–H and O–H groups in total. The van der Waals surface area contributed by atoms with Crippen LogP contribution in [0, 0.1) is 22.7 Å². The van der Waals surface area contributed by atoms with E-state index < -0.39 is 12.8 Å². The maximum absolute atomic E-state index is 12.0. The molecule has 2 nitrogen and oxygen atoms in total. The first-order valence-corrected chi connectivity index (χ1v) is 15.2. The molecule has 0 spiro atoms. The largest absolute Gasteiger partial charge is 0.411 e. The molecular formula is C34H43F3O2. The van der Waals surface area contributed by atoms with Crippen LogP contribution in [0.5, 0.6) is 0 Å². The predicted molar refractivity (Wildman–Crippen MR) is 149 cm³/mol. The molecule has 4 bridgehead atoms. The molecule has 0 radical (unpaired) electrons. The van der Waals surface area contributed by atoms with Gasteiger partial charge in [0, 0.05) is 5.92 Å². The third-order valence-electron chi connectivity index (χ3n) is 11.3. The van der Waals surface area contributed by atoms with E-state index in [9.17, 15) is 13.2 Å². The van der Waals surface area contributed by atoms with Gasteiger partial charge < -0.3 is 9.47 Å². The molecule has 4 fully saturated rings. The van der Waals surface area contributed by atoms with Crippen molar-refractivity contribution in [2.45, 2.75) is 102 Å². The summed E-state index contributed by atoms with van der Waals surface area (Å²) < 4.78 is 47.6. The lowest BCUT2D eigenvalue weighted by Gasteiger charge is -2.34. The summed E-state index contributed by atoms with van der Waals surface area (Å²) in [6.07, 6.45) is 8.54. The normalized spacial score (nSPS) is 32.0. The van der Waals surface area contributed by atoms with Gasteiger partial charge in [-0.3, -0.25) is 0 Å². The van der Waals surface area contributed by atoms with Crippen molar-refractivity contribution in [1.29, 1.82) is 0 Å². The second-order valence-electron chi connectivity index (χ2n) is 13.3. The van der Waals surface area contributed by atoms with Crippen LogP contribution in [0.1, 0.15) is 95.1 Å². The highest BCUT2D eigenvalue weighted by Crippen LogP contribution is 2.58. The van der Waals surface area contributed by atoms with Crippen LogP contribution in [0.3, 0.4) is 0 Å². The Labute approximate surface area is 231 Å². The molecule has 4 saturated carbocycles. The van der Waals surface area contributed by atoms with Crippen molar-refractivity contribution in [3.8, 4) is 11.1 Å². The minimum absolute atomic E-state index is 0.0654. The van der Waals surface area contributed by atoms with Gasteiger partial charge >= 0.3 is 6.18 Å². The zero-order chi connectivity index (χ0) is 27.3. The standard InChI is InChI=1S/C23H26O.C11H17F3O/c1-16(23-12-10-17(14-23)11-13-23)24-15-22-20-8-4-2-6-18(20)19-7-3-5-9-21(19)22;1-8(15-7-11(12,13)14)10-4-2-9(6-10)3-5-10/h2-9,16-17,22H,10-15H2,1H3;8-9H,2-7H2,1H3. The monoisotopic (exact) mass is 540 g/mol. The second-order valence-corrected chi connectivity index (χ2v) is 13.3. The maximum Gasteiger partial charge on any atom is 0.411 e. The molecule has 212 valence electrons. The molecule has 0 aromatic heterocycles. The van der Waals surface area contributed by atoms with Crippen molar-refractivity contribution in [1.82, 2.24) is 0 Å². The van der Waals surface area contributed by atoms with Crippen LogP contribution in [0.25, 0.3) is 11.1 Å². The number of fused-ring (bicyclic) bond motifs is 7. The SMILES string of the molecule is CC(OCC(F)(F)F)C12CCC(CC1)C2.CC(OCC1c2ccccc2-c2ccccc21)C12CCC(CC1)C2. The van der Waals surface area contributed by atoms with Crippen molar-refractivity contribution < 1.29 is 22.6 Å². The fourth-order valence-electron chi connectivity index (χ4n) is 8.87. The smallest absolute Gasteiger partial charge is 0.377 e. The van der Waals surface area contributed by atoms with E-state index in [0.29, 0.717) is 17.4 Å². The van der Waals surface area contributed by atoms with Gasteiger partial charge in [0.2, 0.25) is 0 Å². The molecule has 7 rings (SSSR count). The fraction of sp³-hybridized carbons (Fsp3) is 0.647. The van der Waals surface area contributed by atoms with Gasteiger partial charge in [-0.25, -0.2) is 0 Å². The number of hydrogen-bond acceptors (Lipinski definition) is 2. The number of halogens is 3. The highest BCUT2D eigenvalue weighted by atomic mass is 19.4. The van der Waals surface area contributed by atoms with Crippen molar-refractivity contribution in [2.24, 2.45) is 22.7 Å². The minimum atomic E-state index is -4.19. The topological polar surface area (TPSA) is 18.5 Å². The van der Waals surface area contributed by atoms with Crippen LogP contribution in [-0.4, -0.2) is 31.6 Å². The van der Waals surface area contributed by atoms with Gasteiger partial charge in [0.1, 0.15) is 6.61 Å². The van der Waals surface area contributed by atoms with Gasteiger partial charge in [0.15, 0.2) is 0 Å². The Balaban J connectivity index is 0.000000159. The number of ether oxygens (including phenoxy) is 2. The van der Waals surface area contributed by atoms with E-state index in [4.69, 9.17) is 9.47 Å². The summed E-state index contributed by atoms with van der Waals surface area (Å²) in [5.41, 5.74) is 6.24. The minimum Gasteiger partial charge on any atom is -0.377 e. The van der Waals surface area contributed by atoms with E-state index >= 15 is 0 Å². The summed E-state index contributed by atoms with van der Waals surface area (Å²) in [5, 5.41) is 0. The Bertz CT molecular complexity index is 1100. The molecule has 5 aliphatic carbocycles. The fourth-order valence-corrected chi connectivity index (χ4v) is 8.87. The molecule has 0 heterocycles. The summed E-state index contributed by atoms with van der Waals surface area (Å²) in [5.74, 6) is 2.14. The summed E-state index contributed by atoms with van der Waals surface area (Å²) in [6.45, 7) is 3.86. The Kier molecular flexibility index (Phi) is 7.37. The zero-order valence-corrected chi connectivity index (χ0v) is 23.4. The molecule has 2 unspecified atom stereocenters. The first-order valence-electron chi connectivity index (χ1n) is 15.2. The van der Waals surface area contributed by atoms with Crippen LogP contribution < -0.4 is 0 Å². The predicted octanol–water partition coefficient (Wildman–Crippen LogP) is 9.32. The van der Waals surface area contributed by atoms with Crippen molar-refractivity contribution >= 4 is 0 Å². The van der Waals surface area contributed by atoms with Crippen LogP contribution in [0.2, 0.25) is 0 Å². The molecule has 2 aromatic rings. The molecular weight excluding hydrogens is 497 g/mol. The van der Waals surface area contributed by atoms with Gasteiger partial charge in [-0.15, -0.1) is 0 Å². The van der Waals surface area contributed by atoms with Gasteiger partial charge in [0.25, 0.3) is 0 Å². The third kappa shape index (κ3) is 5.30. The van der Waals surface area contributed by atoms with Crippen LogP contribution in [0.4, 0.5) is 13.2 Å². The Morgan fingerprint density at radius 1 is 0.718 bits per heavy atom. The molecule has 0 aliphatic heterocycles. The van der Waals surface area contributed by atoms with Crippen molar-refractivity contribution in [2.75, 3.05) is 13.2 Å². The molecule has 0 saturated heterocycles. The molecule has 0 amide bonds. The van der Waals surface area contributed by atoms with E-state index in [2.05, 4.69) is 55.5 Å². The summed E-state index contributed by atoms with van der Waals surface area (Å²) in [7, 11) is 0. The third-order valence-corrected chi connectivity index (χ3v) is 11.3. The second kappa shape index (κ2) is 10.5. The van der Waals surface area contributed by atoms with Gasteiger partial charge in [-0.2, -0.15) is 13.2 Å². The van der Waals surface area contributed by atoms with E-state index in [-0.39, 0.29) is 11.5 Å². The Hall–Kier alpha value is -1.85. The molecule has 2 atom stereocenters. The number of hydrogen-bond donors (Lipinski definition) is 0. The summed E-state index contributed by atoms with van der Waals surface area (Å²) in [4.78, 5) is 0. The van der Waals surface area contributed by atoms with Crippen LogP contribution >= 0.6 is 0 Å². The zero-order valence-electron chi connectivity index (χ0n) is 23.4. The van der Waals surface area contributed by atoms with E-state index in [1.54, 1.807) is 6.92 Å². The molecule has 5 heteroatoms. The van der Waals surface area contributed by atoms with Gasteiger partial charge in [-0.05, 0) is 123 Å². The maximum atomic E-state index is 12.0. The first-order chi connectivity index (χ1) is 18.7. The average molecular weight is 541 g/mol. The number of alkyl halides is 3. The van der Waals surface area contributed by atoms with Crippen molar-refractivity contribution in [3.05, 3.63) is 59.7 Å². The Morgan fingerprint density at radius 3 is 1.56 bits per heavy atom. The van der Waals surface area contributed by atoms with E-state index in [0.717, 1.165) is 37.7 Å². The Morgan fingerprint density at radius 2 is 1.15 bits per heavy atom. The first kappa shape index (κ1) is 27.3. The molecule has 39 heavy (non-hydrogen) atoms. The molecule has 2 aromatic carbocycles. The van der Waals surface area contributed by atoms with E-state index in [1.165, 1.54) is 67.2 Å². The summed E-state index contributed by atoms with van der Waals surface area (Å²) in [6, 6.07) is 17.7. The van der Waals surface area contributed by atoms with E-state index in [1.807, 2.05) is 0 Å².